The van der Waals surface area contributed by atoms with Crippen molar-refractivity contribution in [2.45, 2.75) is 56.0 Å². The molecule has 1 saturated carbocycles. The monoisotopic (exact) mass is 428 g/mol. The van der Waals surface area contributed by atoms with Crippen LogP contribution >= 0.6 is 0 Å². The van der Waals surface area contributed by atoms with E-state index >= 15 is 0 Å². The highest BCUT2D eigenvalue weighted by Gasteiger charge is 2.49. The summed E-state index contributed by atoms with van der Waals surface area (Å²) in [4.78, 5) is 8.05. The minimum Gasteiger partial charge on any atom is -0.612 e. The van der Waals surface area contributed by atoms with Crippen molar-refractivity contribution in [2.24, 2.45) is 4.99 Å². The fraction of sp³-hybridized carbons (Fsp3) is 0.591. The van der Waals surface area contributed by atoms with Gasteiger partial charge in [-0.15, -0.1) is 0 Å². The molecule has 1 spiro atoms. The molecule has 0 bridgehead atoms. The number of nitrogens with zero attached hydrogens (tertiary/aromatic N) is 2. The van der Waals surface area contributed by atoms with Crippen molar-refractivity contribution in [3.63, 3.8) is 0 Å². The van der Waals surface area contributed by atoms with Gasteiger partial charge in [-0.1, -0.05) is 24.3 Å². The minimum atomic E-state index is -1.00. The maximum Gasteiger partial charge on any atom is 0.200 e. The summed E-state index contributed by atoms with van der Waals surface area (Å²) in [6.45, 7) is 2.54. The van der Waals surface area contributed by atoms with Gasteiger partial charge in [0, 0.05) is 25.0 Å². The SMILES string of the molecule is [O-][S+]1CCC2=C1C(NC1(CO)CC1)NC(N1CCC3(CC1)OCc1ccccc13)=N2. The number of fused-ring (bicyclic) bond motifs is 2. The van der Waals surface area contributed by atoms with Crippen molar-refractivity contribution >= 4 is 17.1 Å². The number of ether oxygens (including phenoxy) is 1. The second-order valence-electron chi connectivity index (χ2n) is 9.13. The van der Waals surface area contributed by atoms with Crippen LogP contribution in [0, 0.1) is 0 Å². The van der Waals surface area contributed by atoms with Gasteiger partial charge in [-0.3, -0.25) is 5.32 Å². The number of aliphatic hydroxyl groups excluding tert-OH is 1. The van der Waals surface area contributed by atoms with Crippen molar-refractivity contribution < 1.29 is 14.4 Å². The molecule has 2 unspecified atom stereocenters. The van der Waals surface area contributed by atoms with Crippen molar-refractivity contribution in [2.75, 3.05) is 25.4 Å². The maximum absolute atomic E-state index is 12.6. The van der Waals surface area contributed by atoms with Crippen molar-refractivity contribution in [1.82, 2.24) is 15.5 Å². The van der Waals surface area contributed by atoms with Gasteiger partial charge in [0.15, 0.2) is 11.1 Å². The first kappa shape index (κ1) is 19.1. The normalized spacial score (nSPS) is 30.7. The van der Waals surface area contributed by atoms with Gasteiger partial charge in [0.25, 0.3) is 0 Å². The van der Waals surface area contributed by atoms with Gasteiger partial charge in [-0.2, -0.15) is 0 Å². The second kappa shape index (κ2) is 6.97. The fourth-order valence-electron chi connectivity index (χ4n) is 5.26. The number of allylic oxidation sites excluding steroid dienone is 1. The molecule has 7 nitrogen and oxygen atoms in total. The summed E-state index contributed by atoms with van der Waals surface area (Å²) in [5, 5.41) is 16.8. The van der Waals surface area contributed by atoms with Crippen LogP contribution in [0.25, 0.3) is 0 Å². The van der Waals surface area contributed by atoms with Crippen LogP contribution in [-0.2, 0) is 28.1 Å². The molecule has 30 heavy (non-hydrogen) atoms. The summed E-state index contributed by atoms with van der Waals surface area (Å²) < 4.78 is 18.9. The van der Waals surface area contributed by atoms with Crippen LogP contribution in [0.3, 0.4) is 0 Å². The first-order chi connectivity index (χ1) is 14.6. The predicted molar refractivity (Wildman–Crippen MR) is 115 cm³/mol. The summed E-state index contributed by atoms with van der Waals surface area (Å²) in [6, 6.07) is 8.57. The van der Waals surface area contributed by atoms with E-state index < -0.39 is 11.2 Å². The number of aliphatic imine (C=N–C) groups is 1. The summed E-state index contributed by atoms with van der Waals surface area (Å²) in [7, 11) is 0. The van der Waals surface area contributed by atoms with E-state index in [0.29, 0.717) is 12.4 Å². The molecule has 0 aromatic heterocycles. The lowest BCUT2D eigenvalue weighted by Crippen LogP contribution is -2.60. The predicted octanol–water partition coefficient (Wildman–Crippen LogP) is 1.27. The zero-order valence-electron chi connectivity index (χ0n) is 17.0. The number of benzene rings is 1. The van der Waals surface area contributed by atoms with Crippen LogP contribution in [0.1, 0.15) is 43.2 Å². The highest BCUT2D eigenvalue weighted by atomic mass is 32.2. The van der Waals surface area contributed by atoms with Crippen LogP contribution in [0.2, 0.25) is 0 Å². The summed E-state index contributed by atoms with van der Waals surface area (Å²) in [6.07, 6.45) is 4.30. The number of piperidine rings is 1. The average Bonchev–Trinajstić information content (AvgIpc) is 3.33. The largest absolute Gasteiger partial charge is 0.612 e. The molecule has 4 heterocycles. The highest BCUT2D eigenvalue weighted by Crippen LogP contribution is 2.44. The third kappa shape index (κ3) is 3.00. The fourth-order valence-corrected chi connectivity index (χ4v) is 6.65. The topological polar surface area (TPSA) is 92.2 Å². The Bertz CT molecular complexity index is 921. The molecule has 2 fully saturated rings. The Labute approximate surface area is 179 Å². The Morgan fingerprint density at radius 2 is 2.07 bits per heavy atom. The van der Waals surface area contributed by atoms with Crippen molar-refractivity contribution in [3.05, 3.63) is 46.0 Å². The molecule has 5 aliphatic rings. The lowest BCUT2D eigenvalue weighted by Gasteiger charge is -2.42. The Morgan fingerprint density at radius 1 is 1.27 bits per heavy atom. The molecule has 0 amide bonds. The molecule has 3 N–H and O–H groups in total. The van der Waals surface area contributed by atoms with Crippen LogP contribution in [0.4, 0.5) is 0 Å². The molecule has 4 aliphatic heterocycles. The Balaban J connectivity index is 1.21. The minimum absolute atomic E-state index is 0.107. The molecule has 0 radical (unpaired) electrons. The zero-order chi connectivity index (χ0) is 20.3. The zero-order valence-corrected chi connectivity index (χ0v) is 17.8. The summed E-state index contributed by atoms with van der Waals surface area (Å²) in [5.41, 5.74) is 3.20. The van der Waals surface area contributed by atoms with E-state index in [1.165, 1.54) is 11.1 Å². The van der Waals surface area contributed by atoms with Gasteiger partial charge < -0.3 is 24.6 Å². The molecule has 1 aliphatic carbocycles. The molecule has 2 atom stereocenters. The van der Waals surface area contributed by atoms with Gasteiger partial charge in [-0.05, 0) is 48.0 Å². The number of rotatable bonds is 3. The molecular weight excluding hydrogens is 400 g/mol. The number of aliphatic hydroxyl groups is 1. The average molecular weight is 429 g/mol. The van der Waals surface area contributed by atoms with Crippen molar-refractivity contribution in [3.8, 4) is 0 Å². The molecule has 1 aromatic carbocycles. The van der Waals surface area contributed by atoms with Crippen LogP contribution < -0.4 is 10.6 Å². The third-order valence-electron chi connectivity index (χ3n) is 7.32. The van der Waals surface area contributed by atoms with Crippen LogP contribution in [-0.4, -0.2) is 57.7 Å². The molecular formula is C22H28N4O3S. The highest BCUT2D eigenvalue weighted by molar-refractivity contribution is 7.95. The van der Waals surface area contributed by atoms with E-state index in [1.54, 1.807) is 0 Å². The third-order valence-corrected chi connectivity index (χ3v) is 8.86. The van der Waals surface area contributed by atoms with E-state index in [2.05, 4.69) is 39.8 Å². The van der Waals surface area contributed by atoms with Gasteiger partial charge in [0.05, 0.1) is 18.8 Å². The number of hydrogen-bond donors (Lipinski definition) is 3. The van der Waals surface area contributed by atoms with E-state index in [0.717, 1.165) is 61.8 Å². The molecule has 8 heteroatoms. The quantitative estimate of drug-likeness (QED) is 0.628. The van der Waals surface area contributed by atoms with E-state index in [9.17, 15) is 9.66 Å². The maximum atomic E-state index is 12.6. The number of likely N-dealkylation sites (tertiary alicyclic amines) is 1. The van der Waals surface area contributed by atoms with Gasteiger partial charge >= 0.3 is 0 Å². The molecule has 6 rings (SSSR count). The second-order valence-corrected chi connectivity index (χ2v) is 10.7. The molecule has 160 valence electrons. The molecule has 1 aromatic rings. The summed E-state index contributed by atoms with van der Waals surface area (Å²) >= 11 is -1.00. The Morgan fingerprint density at radius 3 is 2.83 bits per heavy atom. The lowest BCUT2D eigenvalue weighted by molar-refractivity contribution is -0.0709. The molecule has 1 saturated heterocycles. The van der Waals surface area contributed by atoms with E-state index in [4.69, 9.17) is 9.73 Å². The number of guanidine groups is 1. The van der Waals surface area contributed by atoms with Gasteiger partial charge in [-0.25, -0.2) is 4.99 Å². The van der Waals surface area contributed by atoms with Crippen LogP contribution in [0.15, 0.2) is 39.9 Å². The Kier molecular flexibility index (Phi) is 4.44. The first-order valence-corrected chi connectivity index (χ1v) is 12.3. The standard InChI is InChI=1S/C22H28N4O3S/c27-14-21(6-7-21)25-19-18-17(5-12-30(18)28)23-20(24-19)26-10-8-22(9-11-26)16-4-2-1-3-15(16)13-29-22/h1-4,19,25,27H,5-14H2,(H,23,24). The van der Waals surface area contributed by atoms with Gasteiger partial charge in [0.2, 0.25) is 5.96 Å². The van der Waals surface area contributed by atoms with Gasteiger partial charge in [0.1, 0.15) is 11.4 Å². The number of hydrogen-bond acceptors (Lipinski definition) is 7. The number of nitrogens with one attached hydrogen (secondary N) is 2. The smallest absolute Gasteiger partial charge is 0.200 e. The van der Waals surface area contributed by atoms with Crippen LogP contribution in [0.5, 0.6) is 0 Å². The first-order valence-electron chi connectivity index (χ1n) is 10.9. The van der Waals surface area contributed by atoms with Crippen molar-refractivity contribution in [1.29, 1.82) is 0 Å². The van der Waals surface area contributed by atoms with E-state index in [1.807, 2.05) is 0 Å². The lowest BCUT2D eigenvalue weighted by atomic mass is 9.84. The Hall–Kier alpha value is -1.58. The van der Waals surface area contributed by atoms with E-state index in [-0.39, 0.29) is 23.9 Å². The summed E-state index contributed by atoms with van der Waals surface area (Å²) in [5.74, 6) is 1.50.